The molecule has 0 aliphatic carbocycles. The number of ether oxygens (including phenoxy) is 1. The van der Waals surface area contributed by atoms with Gasteiger partial charge in [0.25, 0.3) is 0 Å². The van der Waals surface area contributed by atoms with Crippen molar-refractivity contribution in [2.24, 2.45) is 5.92 Å². The van der Waals surface area contributed by atoms with Gasteiger partial charge in [0.1, 0.15) is 24.0 Å². The summed E-state index contributed by atoms with van der Waals surface area (Å²) in [6.45, 7) is 4.52. The molecule has 24 heavy (non-hydrogen) atoms. The molecular weight excluding hydrogens is 302 g/mol. The summed E-state index contributed by atoms with van der Waals surface area (Å²) in [5.41, 5.74) is 3.34. The van der Waals surface area contributed by atoms with Crippen LogP contribution in [0, 0.1) is 12.8 Å². The molecule has 1 aromatic heterocycles. The van der Waals surface area contributed by atoms with Crippen molar-refractivity contribution in [1.82, 2.24) is 9.97 Å². The van der Waals surface area contributed by atoms with Gasteiger partial charge in [-0.15, -0.1) is 0 Å². The molecule has 2 aromatic rings. The standard InChI is InChI=1S/C19H23N3O2/c1-13-20-17-12-24-18-7-3-2-6-15(18)9-16(17)19(21-13)22-8-4-5-14(10-22)11-23/h2-3,6-7,14,23H,4-5,8-12H2,1H3. The molecule has 5 heteroatoms. The number of anilines is 1. The Bertz CT molecular complexity index is 747. The molecule has 1 fully saturated rings. The highest BCUT2D eigenvalue weighted by atomic mass is 16.5. The number of para-hydroxylation sites is 1. The number of aromatic nitrogens is 2. The van der Waals surface area contributed by atoms with Crippen molar-refractivity contribution < 1.29 is 9.84 Å². The normalized spacial score (nSPS) is 19.9. The fourth-order valence-corrected chi connectivity index (χ4v) is 3.73. The predicted octanol–water partition coefficient (Wildman–Crippen LogP) is 2.48. The molecule has 4 rings (SSSR count). The lowest BCUT2D eigenvalue weighted by atomic mass is 9.97. The van der Waals surface area contributed by atoms with E-state index in [-0.39, 0.29) is 6.61 Å². The Morgan fingerprint density at radius 2 is 2.17 bits per heavy atom. The molecular formula is C19H23N3O2. The van der Waals surface area contributed by atoms with E-state index in [4.69, 9.17) is 9.72 Å². The number of piperidine rings is 1. The number of aliphatic hydroxyl groups excluding tert-OH is 1. The molecule has 0 amide bonds. The molecule has 2 aliphatic heterocycles. The first-order valence-corrected chi connectivity index (χ1v) is 8.67. The zero-order valence-corrected chi connectivity index (χ0v) is 14.0. The van der Waals surface area contributed by atoms with Gasteiger partial charge in [-0.25, -0.2) is 9.97 Å². The van der Waals surface area contributed by atoms with E-state index in [2.05, 4.69) is 16.0 Å². The van der Waals surface area contributed by atoms with Crippen LogP contribution in [0.5, 0.6) is 5.75 Å². The average Bonchev–Trinajstić information content (AvgIpc) is 2.80. The first-order valence-electron chi connectivity index (χ1n) is 8.67. The van der Waals surface area contributed by atoms with E-state index in [1.54, 1.807) is 0 Å². The minimum Gasteiger partial charge on any atom is -0.487 e. The highest BCUT2D eigenvalue weighted by Gasteiger charge is 2.26. The molecule has 1 unspecified atom stereocenters. The van der Waals surface area contributed by atoms with Crippen molar-refractivity contribution in [2.75, 3.05) is 24.6 Å². The molecule has 1 saturated heterocycles. The van der Waals surface area contributed by atoms with Crippen molar-refractivity contribution in [3.8, 4) is 5.75 Å². The van der Waals surface area contributed by atoms with Crippen molar-refractivity contribution >= 4 is 5.82 Å². The van der Waals surface area contributed by atoms with Crippen LogP contribution in [0.25, 0.3) is 0 Å². The summed E-state index contributed by atoms with van der Waals surface area (Å²) in [5, 5.41) is 9.54. The Morgan fingerprint density at radius 3 is 3.04 bits per heavy atom. The predicted molar refractivity (Wildman–Crippen MR) is 92.4 cm³/mol. The summed E-state index contributed by atoms with van der Waals surface area (Å²) in [4.78, 5) is 11.7. The fraction of sp³-hybridized carbons (Fsp3) is 0.474. The molecule has 126 valence electrons. The van der Waals surface area contributed by atoms with Gasteiger partial charge in [-0.05, 0) is 37.3 Å². The van der Waals surface area contributed by atoms with Crippen molar-refractivity contribution in [1.29, 1.82) is 0 Å². The number of aliphatic hydroxyl groups is 1. The van der Waals surface area contributed by atoms with Crippen LogP contribution in [-0.4, -0.2) is 34.8 Å². The van der Waals surface area contributed by atoms with E-state index in [1.807, 2.05) is 25.1 Å². The van der Waals surface area contributed by atoms with Crippen LogP contribution in [0.4, 0.5) is 5.82 Å². The molecule has 0 radical (unpaired) electrons. The molecule has 5 nitrogen and oxygen atoms in total. The monoisotopic (exact) mass is 325 g/mol. The van der Waals surface area contributed by atoms with Gasteiger partial charge in [0, 0.05) is 31.7 Å². The largest absolute Gasteiger partial charge is 0.487 e. The lowest BCUT2D eigenvalue weighted by Gasteiger charge is -2.34. The van der Waals surface area contributed by atoms with Gasteiger partial charge in [-0.3, -0.25) is 0 Å². The smallest absolute Gasteiger partial charge is 0.136 e. The summed E-state index contributed by atoms with van der Waals surface area (Å²) in [6, 6.07) is 8.18. The molecule has 2 aliphatic rings. The molecule has 0 bridgehead atoms. The summed E-state index contributed by atoms with van der Waals surface area (Å²) >= 11 is 0. The Morgan fingerprint density at radius 1 is 1.29 bits per heavy atom. The summed E-state index contributed by atoms with van der Waals surface area (Å²) in [5.74, 6) is 3.07. The van der Waals surface area contributed by atoms with Crippen LogP contribution < -0.4 is 9.64 Å². The molecule has 0 saturated carbocycles. The maximum Gasteiger partial charge on any atom is 0.136 e. The topological polar surface area (TPSA) is 58.5 Å². The third-order valence-electron chi connectivity index (χ3n) is 4.96. The molecule has 1 aromatic carbocycles. The van der Waals surface area contributed by atoms with E-state index in [0.29, 0.717) is 12.5 Å². The first kappa shape index (κ1) is 15.4. The molecule has 0 spiro atoms. The number of hydrogen-bond donors (Lipinski definition) is 1. The van der Waals surface area contributed by atoms with Gasteiger partial charge in [-0.2, -0.15) is 0 Å². The van der Waals surface area contributed by atoms with Gasteiger partial charge in [0.05, 0.1) is 5.69 Å². The third kappa shape index (κ3) is 2.84. The second kappa shape index (κ2) is 6.40. The van der Waals surface area contributed by atoms with E-state index < -0.39 is 0 Å². The van der Waals surface area contributed by atoms with Crippen LogP contribution in [-0.2, 0) is 13.0 Å². The minimum atomic E-state index is 0.245. The zero-order valence-electron chi connectivity index (χ0n) is 14.0. The Kier molecular flexibility index (Phi) is 4.10. The van der Waals surface area contributed by atoms with Crippen LogP contribution in [0.3, 0.4) is 0 Å². The molecule has 3 heterocycles. The number of aryl methyl sites for hydroxylation is 1. The van der Waals surface area contributed by atoms with Gasteiger partial charge < -0.3 is 14.7 Å². The summed E-state index contributed by atoms with van der Waals surface area (Å²) in [7, 11) is 0. The minimum absolute atomic E-state index is 0.245. The highest BCUT2D eigenvalue weighted by molar-refractivity contribution is 5.54. The number of nitrogens with zero attached hydrogens (tertiary/aromatic N) is 3. The Balaban J connectivity index is 1.75. The van der Waals surface area contributed by atoms with E-state index in [9.17, 15) is 5.11 Å². The quantitative estimate of drug-likeness (QED) is 0.919. The Hall–Kier alpha value is -2.14. The van der Waals surface area contributed by atoms with Gasteiger partial charge in [0.15, 0.2) is 0 Å². The van der Waals surface area contributed by atoms with Gasteiger partial charge in [-0.1, -0.05) is 18.2 Å². The van der Waals surface area contributed by atoms with Crippen LogP contribution in [0.2, 0.25) is 0 Å². The first-order chi connectivity index (χ1) is 11.7. The fourth-order valence-electron chi connectivity index (χ4n) is 3.73. The van der Waals surface area contributed by atoms with Crippen LogP contribution in [0.1, 0.15) is 35.5 Å². The SMILES string of the molecule is Cc1nc2c(c(N3CCCC(CO)C3)n1)Cc1ccccc1OC2. The number of fused-ring (bicyclic) bond motifs is 2. The Labute approximate surface area is 142 Å². The van der Waals surface area contributed by atoms with Crippen LogP contribution in [0.15, 0.2) is 24.3 Å². The van der Waals surface area contributed by atoms with Crippen molar-refractivity contribution in [3.05, 3.63) is 46.9 Å². The lowest BCUT2D eigenvalue weighted by molar-refractivity contribution is 0.208. The van der Waals surface area contributed by atoms with Crippen LogP contribution >= 0.6 is 0 Å². The molecule has 1 N–H and O–H groups in total. The van der Waals surface area contributed by atoms with Gasteiger partial charge in [0.2, 0.25) is 0 Å². The third-order valence-corrected chi connectivity index (χ3v) is 4.96. The summed E-state index contributed by atoms with van der Waals surface area (Å²) in [6.07, 6.45) is 2.97. The van der Waals surface area contributed by atoms with Crippen molar-refractivity contribution in [2.45, 2.75) is 32.8 Å². The van der Waals surface area contributed by atoms with E-state index in [0.717, 1.165) is 55.4 Å². The molecule has 1 atom stereocenters. The number of benzene rings is 1. The second-order valence-electron chi connectivity index (χ2n) is 6.73. The second-order valence-corrected chi connectivity index (χ2v) is 6.73. The van der Waals surface area contributed by atoms with Gasteiger partial charge >= 0.3 is 0 Å². The average molecular weight is 325 g/mol. The van der Waals surface area contributed by atoms with E-state index >= 15 is 0 Å². The highest BCUT2D eigenvalue weighted by Crippen LogP contribution is 2.33. The number of hydrogen-bond acceptors (Lipinski definition) is 5. The zero-order chi connectivity index (χ0) is 16.5. The maximum absolute atomic E-state index is 9.54. The van der Waals surface area contributed by atoms with Crippen molar-refractivity contribution in [3.63, 3.8) is 0 Å². The van der Waals surface area contributed by atoms with E-state index in [1.165, 1.54) is 11.1 Å². The maximum atomic E-state index is 9.54. The number of rotatable bonds is 2. The lowest BCUT2D eigenvalue weighted by Crippen LogP contribution is -2.38. The summed E-state index contributed by atoms with van der Waals surface area (Å²) < 4.78 is 5.97.